The summed E-state index contributed by atoms with van der Waals surface area (Å²) in [5.41, 5.74) is 1.13. The minimum Gasteiger partial charge on any atom is -0.371 e. The lowest BCUT2D eigenvalue weighted by Gasteiger charge is -2.33. The Kier molecular flexibility index (Phi) is 4.00. The van der Waals surface area contributed by atoms with E-state index in [1.54, 1.807) is 0 Å². The smallest absolute Gasteiger partial charge is 0.227 e. The number of hydrogen-bond donors (Lipinski definition) is 0. The van der Waals surface area contributed by atoms with Crippen LogP contribution in [0.5, 0.6) is 0 Å². The Bertz CT molecular complexity index is 605. The van der Waals surface area contributed by atoms with Crippen molar-refractivity contribution in [2.75, 3.05) is 25.0 Å². The molecule has 4 atom stereocenters. The van der Waals surface area contributed by atoms with Gasteiger partial charge in [0, 0.05) is 36.9 Å². The van der Waals surface area contributed by atoms with Crippen LogP contribution < -0.4 is 4.90 Å². The zero-order valence-electron chi connectivity index (χ0n) is 13.7. The zero-order valence-corrected chi connectivity index (χ0v) is 14.5. The standard InChI is InChI=1S/C19H25ClN2O/c1-21(18-10-13-5-6-14(18)9-13)19(23)15-7-8-22(12-15)17-4-2-3-16(20)11-17/h2-4,11,13-15,18H,5-10,12H2,1H3/t13-,14+,15+,18-/m1/s1. The molecule has 2 saturated carbocycles. The first-order chi connectivity index (χ1) is 11.1. The first-order valence-electron chi connectivity index (χ1n) is 8.89. The monoisotopic (exact) mass is 332 g/mol. The van der Waals surface area contributed by atoms with Gasteiger partial charge in [-0.3, -0.25) is 4.79 Å². The first-order valence-corrected chi connectivity index (χ1v) is 9.27. The Hall–Kier alpha value is -1.22. The van der Waals surface area contributed by atoms with Gasteiger partial charge in [-0.2, -0.15) is 0 Å². The molecule has 2 aliphatic carbocycles. The molecule has 0 spiro atoms. The zero-order chi connectivity index (χ0) is 16.0. The van der Waals surface area contributed by atoms with Crippen molar-refractivity contribution in [3.05, 3.63) is 29.3 Å². The number of benzene rings is 1. The van der Waals surface area contributed by atoms with Crippen LogP contribution in [0.3, 0.4) is 0 Å². The van der Waals surface area contributed by atoms with E-state index in [1.807, 2.05) is 25.2 Å². The molecular formula is C19H25ClN2O. The Morgan fingerprint density at radius 1 is 1.26 bits per heavy atom. The number of anilines is 1. The molecule has 4 heteroatoms. The van der Waals surface area contributed by atoms with E-state index in [-0.39, 0.29) is 5.92 Å². The van der Waals surface area contributed by atoms with E-state index >= 15 is 0 Å². The van der Waals surface area contributed by atoms with Gasteiger partial charge in [0.1, 0.15) is 0 Å². The van der Waals surface area contributed by atoms with Crippen LogP contribution in [0, 0.1) is 17.8 Å². The number of nitrogens with zero attached hydrogens (tertiary/aromatic N) is 2. The number of hydrogen-bond acceptors (Lipinski definition) is 2. The highest BCUT2D eigenvalue weighted by Gasteiger charge is 2.44. The van der Waals surface area contributed by atoms with E-state index < -0.39 is 0 Å². The second kappa shape index (κ2) is 6.01. The van der Waals surface area contributed by atoms with Crippen molar-refractivity contribution in [3.63, 3.8) is 0 Å². The van der Waals surface area contributed by atoms with Gasteiger partial charge in [-0.1, -0.05) is 24.1 Å². The largest absolute Gasteiger partial charge is 0.371 e. The van der Waals surface area contributed by atoms with Gasteiger partial charge in [0.05, 0.1) is 5.92 Å². The highest BCUT2D eigenvalue weighted by molar-refractivity contribution is 6.30. The number of fused-ring (bicyclic) bond motifs is 2. The summed E-state index contributed by atoms with van der Waals surface area (Å²) < 4.78 is 0. The third kappa shape index (κ3) is 2.84. The number of rotatable bonds is 3. The minimum absolute atomic E-state index is 0.137. The molecule has 0 N–H and O–H groups in total. The molecule has 1 aromatic carbocycles. The Morgan fingerprint density at radius 3 is 2.83 bits per heavy atom. The Balaban J connectivity index is 1.40. The van der Waals surface area contributed by atoms with Crippen molar-refractivity contribution in [3.8, 4) is 0 Å². The topological polar surface area (TPSA) is 23.6 Å². The fraction of sp³-hybridized carbons (Fsp3) is 0.632. The van der Waals surface area contributed by atoms with Crippen molar-refractivity contribution < 1.29 is 4.79 Å². The van der Waals surface area contributed by atoms with Crippen molar-refractivity contribution >= 4 is 23.2 Å². The van der Waals surface area contributed by atoms with Gasteiger partial charge < -0.3 is 9.80 Å². The van der Waals surface area contributed by atoms with Crippen LogP contribution in [-0.2, 0) is 4.79 Å². The lowest BCUT2D eigenvalue weighted by Crippen LogP contribution is -2.44. The third-order valence-electron chi connectivity index (χ3n) is 6.26. The summed E-state index contributed by atoms with van der Waals surface area (Å²) in [5, 5.41) is 0.761. The lowest BCUT2D eigenvalue weighted by atomic mass is 9.93. The number of halogens is 1. The molecular weight excluding hydrogens is 308 g/mol. The van der Waals surface area contributed by atoms with Gasteiger partial charge in [0.15, 0.2) is 0 Å². The summed E-state index contributed by atoms with van der Waals surface area (Å²) in [4.78, 5) is 17.3. The van der Waals surface area contributed by atoms with Crippen LogP contribution >= 0.6 is 11.6 Å². The van der Waals surface area contributed by atoms with Crippen molar-refractivity contribution in [2.45, 2.75) is 38.1 Å². The fourth-order valence-corrected chi connectivity index (χ4v) is 5.19. The normalized spacial score (nSPS) is 32.5. The molecule has 4 rings (SSSR count). The molecule has 124 valence electrons. The fourth-order valence-electron chi connectivity index (χ4n) is 5.01. The maximum absolute atomic E-state index is 12.9. The average molecular weight is 333 g/mol. The summed E-state index contributed by atoms with van der Waals surface area (Å²) in [5.74, 6) is 2.14. The number of amides is 1. The summed E-state index contributed by atoms with van der Waals surface area (Å²) in [7, 11) is 2.04. The molecule has 1 heterocycles. The molecule has 3 aliphatic rings. The molecule has 1 aliphatic heterocycles. The number of carbonyl (C=O) groups excluding carboxylic acids is 1. The van der Waals surface area contributed by atoms with Crippen molar-refractivity contribution in [1.29, 1.82) is 0 Å². The molecule has 0 radical (unpaired) electrons. The molecule has 23 heavy (non-hydrogen) atoms. The summed E-state index contributed by atoms with van der Waals surface area (Å²) in [6, 6.07) is 8.45. The lowest BCUT2D eigenvalue weighted by molar-refractivity contribution is -0.136. The maximum atomic E-state index is 12.9. The molecule has 1 amide bonds. The van der Waals surface area contributed by atoms with E-state index in [1.165, 1.54) is 25.7 Å². The highest BCUT2D eigenvalue weighted by Crippen LogP contribution is 2.46. The van der Waals surface area contributed by atoms with Crippen LogP contribution in [-0.4, -0.2) is 37.0 Å². The van der Waals surface area contributed by atoms with Gasteiger partial charge in [-0.25, -0.2) is 0 Å². The van der Waals surface area contributed by atoms with Gasteiger partial charge in [-0.15, -0.1) is 0 Å². The van der Waals surface area contributed by atoms with Gasteiger partial charge in [-0.05, 0) is 55.7 Å². The van der Waals surface area contributed by atoms with Crippen LogP contribution in [0.15, 0.2) is 24.3 Å². The van der Waals surface area contributed by atoms with Crippen molar-refractivity contribution in [1.82, 2.24) is 4.90 Å². The van der Waals surface area contributed by atoms with E-state index in [4.69, 9.17) is 11.6 Å². The molecule has 1 saturated heterocycles. The Morgan fingerprint density at radius 2 is 2.13 bits per heavy atom. The second-order valence-electron chi connectivity index (χ2n) is 7.60. The van der Waals surface area contributed by atoms with E-state index in [0.717, 1.165) is 42.1 Å². The molecule has 3 fully saturated rings. The Labute approximate surface area is 143 Å². The average Bonchev–Trinajstić information content (AvgIpc) is 3.29. The summed E-state index contributed by atoms with van der Waals surface area (Å²) in [6.07, 6.45) is 6.25. The van der Waals surface area contributed by atoms with Crippen molar-refractivity contribution in [2.24, 2.45) is 17.8 Å². The molecule has 0 aromatic heterocycles. The first kappa shape index (κ1) is 15.3. The van der Waals surface area contributed by atoms with E-state index in [9.17, 15) is 4.79 Å². The molecule has 3 nitrogen and oxygen atoms in total. The van der Waals surface area contributed by atoms with Gasteiger partial charge >= 0.3 is 0 Å². The molecule has 1 aromatic rings. The second-order valence-corrected chi connectivity index (χ2v) is 8.04. The molecule has 0 unspecified atom stereocenters. The van der Waals surface area contributed by atoms with E-state index in [0.29, 0.717) is 11.9 Å². The summed E-state index contributed by atoms with van der Waals surface area (Å²) in [6.45, 7) is 1.77. The van der Waals surface area contributed by atoms with Crippen LogP contribution in [0.2, 0.25) is 5.02 Å². The maximum Gasteiger partial charge on any atom is 0.227 e. The van der Waals surface area contributed by atoms with Gasteiger partial charge in [0.25, 0.3) is 0 Å². The van der Waals surface area contributed by atoms with Gasteiger partial charge in [0.2, 0.25) is 5.91 Å². The summed E-state index contributed by atoms with van der Waals surface area (Å²) >= 11 is 6.09. The van der Waals surface area contributed by atoms with Crippen LogP contribution in [0.4, 0.5) is 5.69 Å². The predicted molar refractivity (Wildman–Crippen MR) is 93.8 cm³/mol. The predicted octanol–water partition coefficient (Wildman–Crippen LogP) is 3.81. The third-order valence-corrected chi connectivity index (χ3v) is 6.49. The number of carbonyl (C=O) groups is 1. The highest BCUT2D eigenvalue weighted by atomic mass is 35.5. The quantitative estimate of drug-likeness (QED) is 0.840. The van der Waals surface area contributed by atoms with Crippen LogP contribution in [0.25, 0.3) is 0 Å². The van der Waals surface area contributed by atoms with Crippen LogP contribution in [0.1, 0.15) is 32.1 Å². The minimum atomic E-state index is 0.137. The van der Waals surface area contributed by atoms with E-state index in [2.05, 4.69) is 15.9 Å². The SMILES string of the molecule is CN(C(=O)[C@H]1CCN(c2cccc(Cl)c2)C1)[C@@H]1C[C@@H]2CC[C@H]1C2. The molecule has 2 bridgehead atoms.